The Balaban J connectivity index is 1.87. The third-order valence-corrected chi connectivity index (χ3v) is 3.51. The van der Waals surface area contributed by atoms with Crippen LogP contribution in [-0.4, -0.2) is 6.61 Å². The lowest BCUT2D eigenvalue weighted by atomic mass is 9.92. The molecule has 2 rings (SSSR count). The number of hydrogen-bond donors (Lipinski definition) is 0. The molecule has 0 radical (unpaired) electrons. The van der Waals surface area contributed by atoms with Gasteiger partial charge in [-0.3, -0.25) is 0 Å². The first-order valence-electron chi connectivity index (χ1n) is 7.15. The summed E-state index contributed by atoms with van der Waals surface area (Å²) < 4.78 is 31.5. The van der Waals surface area contributed by atoms with E-state index in [2.05, 4.69) is 6.07 Å². The Morgan fingerprint density at radius 2 is 1.95 bits per heavy atom. The third kappa shape index (κ3) is 4.05. The van der Waals surface area contributed by atoms with E-state index in [0.29, 0.717) is 12.8 Å². The second kappa shape index (κ2) is 7.56. The summed E-state index contributed by atoms with van der Waals surface area (Å²) >= 11 is 0. The fraction of sp³-hybridized carbons (Fsp3) is 0.278. The third-order valence-electron chi connectivity index (χ3n) is 3.51. The molecule has 0 aliphatic heterocycles. The molecular formula is C18H17F2NO. The Hall–Kier alpha value is -2.41. The number of rotatable bonds is 6. The summed E-state index contributed by atoms with van der Waals surface area (Å²) in [5.41, 5.74) is 2.09. The van der Waals surface area contributed by atoms with Crippen molar-refractivity contribution >= 4 is 0 Å². The zero-order chi connectivity index (χ0) is 15.9. The highest BCUT2D eigenvalue weighted by molar-refractivity contribution is 5.32. The molecule has 2 nitrogen and oxygen atoms in total. The summed E-state index contributed by atoms with van der Waals surface area (Å²) in [5.74, 6) is -1.52. The number of ether oxygens (including phenoxy) is 1. The highest BCUT2D eigenvalue weighted by atomic mass is 19.1. The van der Waals surface area contributed by atoms with Gasteiger partial charge in [-0.15, -0.1) is 0 Å². The van der Waals surface area contributed by atoms with Gasteiger partial charge in [0.25, 0.3) is 0 Å². The summed E-state index contributed by atoms with van der Waals surface area (Å²) in [6.07, 6.45) is 1.24. The van der Waals surface area contributed by atoms with Crippen LogP contribution >= 0.6 is 0 Å². The summed E-state index contributed by atoms with van der Waals surface area (Å²) in [6, 6.07) is 13.3. The van der Waals surface area contributed by atoms with E-state index in [9.17, 15) is 14.0 Å². The number of halogens is 2. The molecule has 0 fully saturated rings. The largest absolute Gasteiger partial charge is 0.491 e. The van der Waals surface area contributed by atoms with Crippen molar-refractivity contribution in [2.75, 3.05) is 6.61 Å². The van der Waals surface area contributed by atoms with E-state index in [1.54, 1.807) is 0 Å². The number of aryl methyl sites for hydroxylation is 1. The Bertz CT molecular complexity index is 679. The minimum Gasteiger partial charge on any atom is -0.491 e. The molecule has 2 aromatic rings. The minimum atomic E-state index is -0.712. The Labute approximate surface area is 129 Å². The first-order chi connectivity index (χ1) is 10.6. The molecule has 0 N–H and O–H groups in total. The van der Waals surface area contributed by atoms with Gasteiger partial charge in [0, 0.05) is 6.07 Å². The van der Waals surface area contributed by atoms with E-state index in [1.165, 1.54) is 6.07 Å². The Morgan fingerprint density at radius 1 is 1.18 bits per heavy atom. The number of nitrogens with zero attached hydrogens (tertiary/aromatic N) is 1. The topological polar surface area (TPSA) is 33.0 Å². The highest BCUT2D eigenvalue weighted by Crippen LogP contribution is 2.24. The van der Waals surface area contributed by atoms with Crippen molar-refractivity contribution in [2.45, 2.75) is 25.7 Å². The van der Waals surface area contributed by atoms with Gasteiger partial charge in [-0.05, 0) is 43.0 Å². The predicted molar refractivity (Wildman–Crippen MR) is 80.6 cm³/mol. The van der Waals surface area contributed by atoms with E-state index in [1.807, 2.05) is 31.2 Å². The average Bonchev–Trinajstić information content (AvgIpc) is 2.50. The first-order valence-corrected chi connectivity index (χ1v) is 7.15. The molecule has 0 saturated carbocycles. The van der Waals surface area contributed by atoms with Crippen molar-refractivity contribution in [1.29, 1.82) is 5.26 Å². The molecule has 0 heterocycles. The molecule has 114 valence electrons. The molecule has 2 aromatic carbocycles. The van der Waals surface area contributed by atoms with Crippen LogP contribution in [0.25, 0.3) is 0 Å². The van der Waals surface area contributed by atoms with E-state index in [-0.39, 0.29) is 18.3 Å². The van der Waals surface area contributed by atoms with Crippen molar-refractivity contribution in [3.8, 4) is 11.8 Å². The Kier molecular flexibility index (Phi) is 5.48. The van der Waals surface area contributed by atoms with Crippen molar-refractivity contribution in [3.05, 3.63) is 65.2 Å². The van der Waals surface area contributed by atoms with E-state index >= 15 is 0 Å². The van der Waals surface area contributed by atoms with Gasteiger partial charge in [0.05, 0.1) is 18.6 Å². The lowest BCUT2D eigenvalue weighted by molar-refractivity contribution is 0.289. The predicted octanol–water partition coefficient (Wildman–Crippen LogP) is 4.74. The van der Waals surface area contributed by atoms with Gasteiger partial charge in [0.2, 0.25) is 0 Å². The molecule has 0 spiro atoms. The molecule has 0 bridgehead atoms. The molecule has 1 unspecified atom stereocenters. The van der Waals surface area contributed by atoms with E-state index in [4.69, 9.17) is 4.74 Å². The van der Waals surface area contributed by atoms with E-state index < -0.39 is 11.6 Å². The molecule has 4 heteroatoms. The second-order valence-corrected chi connectivity index (χ2v) is 5.10. The van der Waals surface area contributed by atoms with Crippen molar-refractivity contribution < 1.29 is 13.5 Å². The van der Waals surface area contributed by atoms with Gasteiger partial charge in [-0.1, -0.05) is 24.3 Å². The number of nitriles is 1. The summed E-state index contributed by atoms with van der Waals surface area (Å²) in [4.78, 5) is 0. The van der Waals surface area contributed by atoms with Crippen molar-refractivity contribution in [2.24, 2.45) is 0 Å². The molecule has 0 aromatic heterocycles. The minimum absolute atomic E-state index is 0.0331. The molecule has 0 aliphatic rings. The van der Waals surface area contributed by atoms with Crippen LogP contribution in [0.15, 0.2) is 42.5 Å². The van der Waals surface area contributed by atoms with Crippen LogP contribution < -0.4 is 4.74 Å². The normalized spacial score (nSPS) is 11.7. The second-order valence-electron chi connectivity index (χ2n) is 5.10. The molecule has 0 amide bonds. The van der Waals surface area contributed by atoms with E-state index in [0.717, 1.165) is 23.3 Å². The summed E-state index contributed by atoms with van der Waals surface area (Å²) in [5, 5.41) is 9.30. The van der Waals surface area contributed by atoms with Crippen LogP contribution in [-0.2, 0) is 0 Å². The van der Waals surface area contributed by atoms with Gasteiger partial charge in [0.1, 0.15) is 5.82 Å². The molecule has 0 saturated heterocycles. The maximum Gasteiger partial charge on any atom is 0.167 e. The highest BCUT2D eigenvalue weighted by Gasteiger charge is 2.12. The summed E-state index contributed by atoms with van der Waals surface area (Å²) in [7, 11) is 0. The molecule has 0 aliphatic carbocycles. The van der Waals surface area contributed by atoms with Gasteiger partial charge in [-0.2, -0.15) is 5.26 Å². The maximum atomic E-state index is 13.4. The van der Waals surface area contributed by atoms with Gasteiger partial charge < -0.3 is 4.74 Å². The van der Waals surface area contributed by atoms with Gasteiger partial charge >= 0.3 is 0 Å². The molecule has 1 atom stereocenters. The lowest BCUT2D eigenvalue weighted by Gasteiger charge is -2.13. The average molecular weight is 301 g/mol. The zero-order valence-electron chi connectivity index (χ0n) is 12.4. The van der Waals surface area contributed by atoms with Crippen molar-refractivity contribution in [3.63, 3.8) is 0 Å². The smallest absolute Gasteiger partial charge is 0.167 e. The fourth-order valence-corrected chi connectivity index (χ4v) is 2.33. The number of benzene rings is 2. The van der Waals surface area contributed by atoms with Crippen LogP contribution in [0.2, 0.25) is 0 Å². The Morgan fingerprint density at radius 3 is 2.64 bits per heavy atom. The van der Waals surface area contributed by atoms with Crippen LogP contribution in [0.4, 0.5) is 8.78 Å². The lowest BCUT2D eigenvalue weighted by Crippen LogP contribution is -2.04. The van der Waals surface area contributed by atoms with Gasteiger partial charge in [-0.25, -0.2) is 8.78 Å². The van der Waals surface area contributed by atoms with Gasteiger partial charge in [0.15, 0.2) is 11.6 Å². The molecule has 22 heavy (non-hydrogen) atoms. The molecular weight excluding hydrogens is 284 g/mol. The quantitative estimate of drug-likeness (QED) is 0.722. The SMILES string of the molecule is Cc1ccccc1C(C#N)CCCOc1ccc(F)cc1F. The van der Waals surface area contributed by atoms with Crippen LogP contribution in [0.3, 0.4) is 0 Å². The standard InChI is InChI=1S/C18H17F2NO/c1-13-5-2-3-7-16(13)14(12-21)6-4-10-22-18-9-8-15(19)11-17(18)20/h2-3,5,7-9,11,14H,4,6,10H2,1H3. The number of hydrogen-bond acceptors (Lipinski definition) is 2. The first kappa shape index (κ1) is 16.0. The zero-order valence-corrected chi connectivity index (χ0v) is 12.4. The fourth-order valence-electron chi connectivity index (χ4n) is 2.33. The van der Waals surface area contributed by atoms with Crippen LogP contribution in [0.5, 0.6) is 5.75 Å². The van der Waals surface area contributed by atoms with Crippen LogP contribution in [0, 0.1) is 29.9 Å². The summed E-state index contributed by atoms with van der Waals surface area (Å²) in [6.45, 7) is 2.26. The van der Waals surface area contributed by atoms with Crippen LogP contribution in [0.1, 0.15) is 29.9 Å². The monoisotopic (exact) mass is 301 g/mol. The van der Waals surface area contributed by atoms with Crippen molar-refractivity contribution in [1.82, 2.24) is 0 Å². The maximum absolute atomic E-state index is 13.4.